The number of aromatic amines is 1. The highest BCUT2D eigenvalue weighted by Gasteiger charge is 2.52. The molecule has 10 atom stereocenters. The van der Waals surface area contributed by atoms with Gasteiger partial charge in [-0.3, -0.25) is 48.5 Å². The van der Waals surface area contributed by atoms with Crippen molar-refractivity contribution in [2.45, 2.75) is 99.6 Å². The zero-order chi connectivity index (χ0) is 45.5. The molecule has 0 radical (unpaired) electrons. The minimum Gasteiger partial charge on any atom is -0.481 e. The number of hydrogen-bond donors (Lipinski definition) is 12. The molecular weight excluding hydrogens is 835 g/mol. The molecule has 338 valence electrons. The van der Waals surface area contributed by atoms with Crippen LogP contribution in [0.2, 0.25) is 0 Å². The second kappa shape index (κ2) is 20.5. The Hall–Kier alpha value is -5.62. The third-order valence-electron chi connectivity index (χ3n) is 11.4. The molecule has 7 amide bonds. The van der Waals surface area contributed by atoms with Gasteiger partial charge in [-0.05, 0) is 17.5 Å². The predicted molar refractivity (Wildman–Crippen MR) is 218 cm³/mol. The van der Waals surface area contributed by atoms with E-state index in [9.17, 15) is 63.6 Å². The van der Waals surface area contributed by atoms with Crippen LogP contribution >= 0.6 is 11.8 Å². The van der Waals surface area contributed by atoms with E-state index < -0.39 is 146 Å². The zero-order valence-electron chi connectivity index (χ0n) is 34.3. The van der Waals surface area contributed by atoms with Crippen molar-refractivity contribution < 1.29 is 63.6 Å². The van der Waals surface area contributed by atoms with E-state index in [0.29, 0.717) is 27.9 Å². The van der Waals surface area contributed by atoms with Crippen LogP contribution in [0.4, 0.5) is 0 Å². The molecule has 2 unspecified atom stereocenters. The molecule has 3 aliphatic heterocycles. The van der Waals surface area contributed by atoms with E-state index >= 15 is 0 Å². The number of benzene rings is 1. The lowest BCUT2D eigenvalue weighted by Crippen LogP contribution is -2.69. The van der Waals surface area contributed by atoms with Crippen molar-refractivity contribution in [2.24, 2.45) is 11.8 Å². The molecule has 1 fully saturated rings. The highest BCUT2D eigenvalue weighted by atomic mass is 32.2. The van der Waals surface area contributed by atoms with E-state index in [2.05, 4.69) is 42.2 Å². The van der Waals surface area contributed by atoms with E-state index in [1.54, 1.807) is 38.1 Å². The van der Waals surface area contributed by atoms with Gasteiger partial charge in [-0.1, -0.05) is 45.4 Å². The number of hydrogen-bond acceptors (Lipinski definition) is 14. The monoisotopic (exact) mass is 887 g/mol. The van der Waals surface area contributed by atoms with E-state index in [1.807, 2.05) is 0 Å². The summed E-state index contributed by atoms with van der Waals surface area (Å²) in [5.74, 6) is -10.1. The van der Waals surface area contributed by atoms with Crippen LogP contribution in [0.25, 0.3) is 10.9 Å². The van der Waals surface area contributed by atoms with Crippen LogP contribution in [0.3, 0.4) is 0 Å². The van der Waals surface area contributed by atoms with Crippen LogP contribution in [0.5, 0.6) is 0 Å². The number of nitrogens with one attached hydrogen (secondary N) is 8. The summed E-state index contributed by atoms with van der Waals surface area (Å²) < 4.78 is 0. The fraction of sp³-hybridized carbons (Fsp3) is 0.564. The Balaban J connectivity index is 1.72. The lowest BCUT2D eigenvalue weighted by atomic mass is 9.92. The molecule has 22 nitrogen and oxygen atoms in total. The SMILES string of the molecule is CC[C@H](C)[C@@H]1NC(=O)CNC(=O)C2Cc3c([nH]c4ccccc34)SCC(NC(=O)CNC1=O)C(=O)N[C@@H](CC(=O)O)C(=O)N1C[C@H](O)C[C@@]1(C=O)N[C@@H]([C@@H](C)[C@@H](O)CO)C(=O)N2. The number of thioether (sulfide) groups is 1. The number of para-hydroxylation sites is 1. The molecule has 4 heterocycles. The summed E-state index contributed by atoms with van der Waals surface area (Å²) in [5.41, 5.74) is -1.28. The molecule has 1 saturated heterocycles. The number of aromatic nitrogens is 1. The topological polar surface area (TPSA) is 338 Å². The number of carboxylic acids is 1. The fourth-order valence-electron chi connectivity index (χ4n) is 7.67. The summed E-state index contributed by atoms with van der Waals surface area (Å²) >= 11 is 0.998. The average Bonchev–Trinajstić information content (AvgIpc) is 3.77. The van der Waals surface area contributed by atoms with Crippen LogP contribution in [-0.2, 0) is 49.6 Å². The Morgan fingerprint density at radius 3 is 2.26 bits per heavy atom. The van der Waals surface area contributed by atoms with Crippen molar-refractivity contribution in [1.82, 2.24) is 47.1 Å². The van der Waals surface area contributed by atoms with Crippen LogP contribution in [0, 0.1) is 11.8 Å². The lowest BCUT2D eigenvalue weighted by molar-refractivity contribution is -0.149. The average molecular weight is 888 g/mol. The molecule has 0 saturated carbocycles. The quantitative estimate of drug-likeness (QED) is 0.112. The largest absolute Gasteiger partial charge is 0.481 e. The van der Waals surface area contributed by atoms with Crippen molar-refractivity contribution in [3.63, 3.8) is 0 Å². The summed E-state index contributed by atoms with van der Waals surface area (Å²) in [6.07, 6.45) is -4.33. The summed E-state index contributed by atoms with van der Waals surface area (Å²) in [6.45, 7) is 1.97. The number of fused-ring (bicyclic) bond motifs is 5. The van der Waals surface area contributed by atoms with Gasteiger partial charge in [0.2, 0.25) is 41.4 Å². The van der Waals surface area contributed by atoms with Crippen LogP contribution in [-0.4, -0.2) is 164 Å². The zero-order valence-corrected chi connectivity index (χ0v) is 35.1. The van der Waals surface area contributed by atoms with E-state index in [0.717, 1.165) is 16.7 Å². The lowest BCUT2D eigenvalue weighted by Gasteiger charge is -2.40. The first-order chi connectivity index (χ1) is 29.4. The Morgan fingerprint density at radius 1 is 0.919 bits per heavy atom. The molecule has 5 rings (SSSR count). The van der Waals surface area contributed by atoms with Crippen molar-refractivity contribution >= 4 is 76.3 Å². The maximum Gasteiger partial charge on any atom is 0.305 e. The Labute approximate surface area is 359 Å². The maximum atomic E-state index is 14.6. The van der Waals surface area contributed by atoms with Crippen molar-refractivity contribution in [3.8, 4) is 0 Å². The standard InChI is InChI=1S/C39H53N9O13S/c1-4-18(2)31-35(59)41-12-28(53)42-26-16-62-37-22(21-7-5-6-8-23(21)45-37)9-24(33(57)40-13-29(54)46-31)43-36(60)32(19(3)27(52)15-49)47-39(17-50)11-20(51)14-48(39)38(61)25(10-30(55)56)44-34(26)58/h5-8,17-20,24-27,31-32,45,47,49,51-52H,4,9-16H2,1-3H3,(H,40,57)(H,41,59)(H,42,53)(H,43,60)(H,44,58)(H,46,54)(H,55,56)/t18-,19-,20+,24?,25-,26?,27-,31-,32-,39+/m0/s1. The summed E-state index contributed by atoms with van der Waals surface area (Å²) in [4.78, 5) is 127. The van der Waals surface area contributed by atoms with E-state index in [1.165, 1.54) is 6.92 Å². The van der Waals surface area contributed by atoms with Crippen LogP contribution < -0.4 is 37.2 Å². The van der Waals surface area contributed by atoms with Crippen molar-refractivity contribution in [1.29, 1.82) is 0 Å². The number of aliphatic hydroxyl groups is 3. The number of rotatable bonds is 8. The number of aliphatic carboxylic acids is 1. The predicted octanol–water partition coefficient (Wildman–Crippen LogP) is -4.04. The van der Waals surface area contributed by atoms with Gasteiger partial charge in [0, 0.05) is 42.0 Å². The number of H-pyrrole nitrogens is 1. The molecule has 12 N–H and O–H groups in total. The number of aldehydes is 1. The van der Waals surface area contributed by atoms with Crippen LogP contribution in [0.1, 0.15) is 45.6 Å². The van der Waals surface area contributed by atoms with Crippen molar-refractivity contribution in [3.05, 3.63) is 29.8 Å². The van der Waals surface area contributed by atoms with Gasteiger partial charge in [-0.25, -0.2) is 0 Å². The number of nitrogens with zero attached hydrogens (tertiary/aromatic N) is 1. The number of carboxylic acid groups (broad SMARTS) is 1. The number of aliphatic hydroxyl groups excluding tert-OH is 3. The van der Waals surface area contributed by atoms with E-state index in [-0.39, 0.29) is 18.5 Å². The molecule has 1 aromatic carbocycles. The van der Waals surface area contributed by atoms with Gasteiger partial charge in [0.25, 0.3) is 0 Å². The first kappa shape index (κ1) is 47.4. The fourth-order valence-corrected chi connectivity index (χ4v) is 8.79. The highest BCUT2D eigenvalue weighted by molar-refractivity contribution is 7.99. The summed E-state index contributed by atoms with van der Waals surface area (Å²) in [7, 11) is 0. The Kier molecular flexibility index (Phi) is 15.7. The minimum absolute atomic E-state index is 0.205. The highest BCUT2D eigenvalue weighted by Crippen LogP contribution is 2.33. The molecule has 2 aromatic rings. The second-order valence-corrected chi connectivity index (χ2v) is 16.8. The maximum absolute atomic E-state index is 14.6. The third kappa shape index (κ3) is 10.9. The van der Waals surface area contributed by atoms with Gasteiger partial charge >= 0.3 is 5.97 Å². The Bertz CT molecular complexity index is 2070. The number of carbonyl (C=O) groups is 9. The van der Waals surface area contributed by atoms with Gasteiger partial charge in [0.15, 0.2) is 11.9 Å². The minimum atomic E-state index is -2.29. The molecule has 1 aromatic heterocycles. The number of carbonyl (C=O) groups excluding carboxylic acids is 8. The van der Waals surface area contributed by atoms with E-state index in [4.69, 9.17) is 0 Å². The van der Waals surface area contributed by atoms with Gasteiger partial charge in [0.1, 0.15) is 24.2 Å². The first-order valence-corrected chi connectivity index (χ1v) is 21.1. The van der Waals surface area contributed by atoms with Crippen LogP contribution in [0.15, 0.2) is 29.3 Å². The second-order valence-electron chi connectivity index (χ2n) is 15.8. The summed E-state index contributed by atoms with van der Waals surface area (Å²) in [6, 6.07) is -0.976. The smallest absolute Gasteiger partial charge is 0.305 e. The first-order valence-electron chi connectivity index (χ1n) is 20.1. The Morgan fingerprint density at radius 2 is 1.60 bits per heavy atom. The van der Waals surface area contributed by atoms with Gasteiger partial charge in [0.05, 0.1) is 49.4 Å². The third-order valence-corrected chi connectivity index (χ3v) is 12.5. The normalized spacial score (nSPS) is 28.9. The molecule has 62 heavy (non-hydrogen) atoms. The molecule has 2 bridgehead atoms. The van der Waals surface area contributed by atoms with Crippen molar-refractivity contribution in [2.75, 3.05) is 32.0 Å². The molecule has 3 aliphatic rings. The number of amides is 7. The molecular formula is C39H53N9O13S. The molecule has 23 heteroatoms. The molecule has 0 spiro atoms. The van der Waals surface area contributed by atoms with Gasteiger partial charge in [-0.2, -0.15) is 0 Å². The summed E-state index contributed by atoms with van der Waals surface area (Å²) in [5, 5.41) is 60.4. The van der Waals surface area contributed by atoms with Gasteiger partial charge < -0.3 is 62.2 Å². The molecule has 0 aliphatic carbocycles. The van der Waals surface area contributed by atoms with Gasteiger partial charge in [-0.15, -0.1) is 11.8 Å².